The van der Waals surface area contributed by atoms with Crippen LogP contribution in [0.25, 0.3) is 0 Å². The molecule has 0 unspecified atom stereocenters. The molecule has 0 spiro atoms. The Morgan fingerprint density at radius 3 is 2.67 bits per heavy atom. The minimum absolute atomic E-state index is 0. The van der Waals surface area contributed by atoms with Gasteiger partial charge in [0, 0.05) is 39.9 Å². The van der Waals surface area contributed by atoms with E-state index >= 15 is 0 Å². The molecular weight excluding hydrogens is 495 g/mol. The van der Waals surface area contributed by atoms with E-state index in [2.05, 4.69) is 29.5 Å². The highest BCUT2D eigenvalue weighted by atomic mass is 127. The van der Waals surface area contributed by atoms with Crippen LogP contribution in [0.2, 0.25) is 0 Å². The van der Waals surface area contributed by atoms with Crippen LogP contribution in [0.15, 0.2) is 29.3 Å². The van der Waals surface area contributed by atoms with Crippen molar-refractivity contribution in [3.05, 3.63) is 29.8 Å². The van der Waals surface area contributed by atoms with Gasteiger partial charge in [-0.2, -0.15) is 0 Å². The Morgan fingerprint density at radius 1 is 1.23 bits per heavy atom. The highest BCUT2D eigenvalue weighted by Crippen LogP contribution is 2.18. The van der Waals surface area contributed by atoms with Crippen molar-refractivity contribution in [2.24, 2.45) is 10.9 Å². The summed E-state index contributed by atoms with van der Waals surface area (Å²) >= 11 is 0. The van der Waals surface area contributed by atoms with E-state index in [1.54, 1.807) is 0 Å². The standard InChI is InChI=1S/C22H36N4O3.HI/c1-4-23-21(27)17-29-20-8-6-7-19(15-20)16-25-22(24-5-2)26(3)12-9-18-10-13-28-14-11-18;/h6-8,15,18H,4-5,9-14,16-17H2,1-3H3,(H,23,27)(H,24,25);1H. The third kappa shape index (κ3) is 9.97. The monoisotopic (exact) mass is 532 g/mol. The van der Waals surface area contributed by atoms with Crippen LogP contribution in [0.5, 0.6) is 5.75 Å². The van der Waals surface area contributed by atoms with E-state index in [0.29, 0.717) is 18.8 Å². The van der Waals surface area contributed by atoms with Crippen molar-refractivity contribution in [2.45, 2.75) is 39.7 Å². The third-order valence-electron chi connectivity index (χ3n) is 4.96. The first kappa shape index (κ1) is 26.5. The third-order valence-corrected chi connectivity index (χ3v) is 4.96. The minimum atomic E-state index is -0.114. The number of amides is 1. The van der Waals surface area contributed by atoms with Gasteiger partial charge < -0.3 is 25.0 Å². The molecule has 0 atom stereocenters. The van der Waals surface area contributed by atoms with E-state index in [4.69, 9.17) is 14.5 Å². The predicted molar refractivity (Wildman–Crippen MR) is 132 cm³/mol. The fourth-order valence-electron chi connectivity index (χ4n) is 3.28. The number of ether oxygens (including phenoxy) is 2. The fraction of sp³-hybridized carbons (Fsp3) is 0.636. The van der Waals surface area contributed by atoms with Gasteiger partial charge in [-0.15, -0.1) is 24.0 Å². The highest BCUT2D eigenvalue weighted by Gasteiger charge is 2.15. The molecule has 0 radical (unpaired) electrons. The molecule has 0 saturated carbocycles. The molecule has 1 saturated heterocycles. The molecule has 1 aromatic rings. The van der Waals surface area contributed by atoms with Crippen molar-refractivity contribution in [1.29, 1.82) is 0 Å². The summed E-state index contributed by atoms with van der Waals surface area (Å²) in [4.78, 5) is 18.5. The molecule has 1 aromatic carbocycles. The lowest BCUT2D eigenvalue weighted by Gasteiger charge is -2.26. The van der Waals surface area contributed by atoms with Crippen LogP contribution >= 0.6 is 24.0 Å². The lowest BCUT2D eigenvalue weighted by Crippen LogP contribution is -2.40. The lowest BCUT2D eigenvalue weighted by molar-refractivity contribution is -0.122. The molecule has 0 aromatic heterocycles. The molecular formula is C22H37IN4O3. The Hall–Kier alpha value is -1.55. The van der Waals surface area contributed by atoms with Crippen molar-refractivity contribution in [2.75, 3.05) is 46.5 Å². The summed E-state index contributed by atoms with van der Waals surface area (Å²) in [7, 11) is 2.09. The minimum Gasteiger partial charge on any atom is -0.484 e. The lowest BCUT2D eigenvalue weighted by atomic mass is 9.96. The molecule has 170 valence electrons. The largest absolute Gasteiger partial charge is 0.484 e. The van der Waals surface area contributed by atoms with Crippen molar-refractivity contribution in [3.8, 4) is 5.75 Å². The molecule has 1 amide bonds. The van der Waals surface area contributed by atoms with Gasteiger partial charge in [0.05, 0.1) is 6.54 Å². The SMILES string of the molecule is CCNC(=O)COc1cccc(CN=C(NCC)N(C)CCC2CCOCC2)c1.I. The summed E-state index contributed by atoms with van der Waals surface area (Å²) in [6, 6.07) is 7.75. The van der Waals surface area contributed by atoms with Gasteiger partial charge in [0.15, 0.2) is 12.6 Å². The second kappa shape index (κ2) is 15.3. The Morgan fingerprint density at radius 2 is 1.97 bits per heavy atom. The van der Waals surface area contributed by atoms with Gasteiger partial charge >= 0.3 is 0 Å². The number of aliphatic imine (C=N–C) groups is 1. The van der Waals surface area contributed by atoms with E-state index in [0.717, 1.165) is 63.0 Å². The van der Waals surface area contributed by atoms with Gasteiger partial charge in [0.25, 0.3) is 5.91 Å². The zero-order valence-electron chi connectivity index (χ0n) is 18.5. The van der Waals surface area contributed by atoms with Gasteiger partial charge in [0.2, 0.25) is 0 Å². The van der Waals surface area contributed by atoms with Crippen LogP contribution in [0.1, 0.15) is 38.7 Å². The van der Waals surface area contributed by atoms with Gasteiger partial charge in [-0.25, -0.2) is 4.99 Å². The zero-order chi connectivity index (χ0) is 20.9. The topological polar surface area (TPSA) is 75.2 Å². The predicted octanol–water partition coefficient (Wildman–Crippen LogP) is 3.03. The quantitative estimate of drug-likeness (QED) is 0.275. The smallest absolute Gasteiger partial charge is 0.257 e. The number of rotatable bonds is 10. The summed E-state index contributed by atoms with van der Waals surface area (Å²) in [6.45, 7) is 8.74. The first-order chi connectivity index (χ1) is 14.1. The molecule has 1 aliphatic rings. The normalized spacial score (nSPS) is 14.6. The maximum absolute atomic E-state index is 11.6. The highest BCUT2D eigenvalue weighted by molar-refractivity contribution is 14.0. The number of guanidine groups is 1. The van der Waals surface area contributed by atoms with E-state index in [-0.39, 0.29) is 36.5 Å². The Labute approximate surface area is 198 Å². The summed E-state index contributed by atoms with van der Waals surface area (Å²) < 4.78 is 11.0. The van der Waals surface area contributed by atoms with Crippen molar-refractivity contribution in [3.63, 3.8) is 0 Å². The molecule has 2 rings (SSSR count). The van der Waals surface area contributed by atoms with Crippen LogP contribution in [0.3, 0.4) is 0 Å². The number of likely N-dealkylation sites (N-methyl/N-ethyl adjacent to an activating group) is 1. The van der Waals surface area contributed by atoms with Gasteiger partial charge in [-0.05, 0) is 56.7 Å². The molecule has 1 fully saturated rings. The van der Waals surface area contributed by atoms with Crippen molar-refractivity contribution in [1.82, 2.24) is 15.5 Å². The number of halogens is 1. The van der Waals surface area contributed by atoms with Crippen LogP contribution in [0.4, 0.5) is 0 Å². The second-order valence-corrected chi connectivity index (χ2v) is 7.33. The maximum Gasteiger partial charge on any atom is 0.257 e. The van der Waals surface area contributed by atoms with E-state index in [1.165, 1.54) is 0 Å². The number of carbonyl (C=O) groups is 1. The Bertz CT molecular complexity index is 651. The summed E-state index contributed by atoms with van der Waals surface area (Å²) in [5, 5.41) is 6.10. The summed E-state index contributed by atoms with van der Waals surface area (Å²) in [5.74, 6) is 2.22. The van der Waals surface area contributed by atoms with E-state index in [1.807, 2.05) is 31.2 Å². The Balaban J connectivity index is 0.00000450. The first-order valence-corrected chi connectivity index (χ1v) is 10.7. The molecule has 1 heterocycles. The first-order valence-electron chi connectivity index (χ1n) is 10.7. The number of nitrogens with zero attached hydrogens (tertiary/aromatic N) is 2. The number of hydrogen-bond acceptors (Lipinski definition) is 4. The van der Waals surface area contributed by atoms with E-state index in [9.17, 15) is 4.79 Å². The van der Waals surface area contributed by atoms with Crippen LogP contribution in [-0.2, 0) is 16.1 Å². The molecule has 7 nitrogen and oxygen atoms in total. The summed E-state index contributed by atoms with van der Waals surface area (Å²) in [6.07, 6.45) is 3.47. The number of benzene rings is 1. The average Bonchev–Trinajstić information content (AvgIpc) is 2.75. The van der Waals surface area contributed by atoms with E-state index < -0.39 is 0 Å². The second-order valence-electron chi connectivity index (χ2n) is 7.33. The van der Waals surface area contributed by atoms with Gasteiger partial charge in [0.1, 0.15) is 5.75 Å². The maximum atomic E-state index is 11.6. The molecule has 1 aliphatic heterocycles. The molecule has 0 aliphatic carbocycles. The number of hydrogen-bond donors (Lipinski definition) is 2. The molecule has 30 heavy (non-hydrogen) atoms. The summed E-state index contributed by atoms with van der Waals surface area (Å²) in [5.41, 5.74) is 1.05. The number of nitrogens with one attached hydrogen (secondary N) is 2. The van der Waals surface area contributed by atoms with Crippen LogP contribution < -0.4 is 15.4 Å². The average molecular weight is 532 g/mol. The van der Waals surface area contributed by atoms with Crippen LogP contribution in [0, 0.1) is 5.92 Å². The van der Waals surface area contributed by atoms with Gasteiger partial charge in [-0.1, -0.05) is 12.1 Å². The Kier molecular flexibility index (Phi) is 13.5. The molecule has 8 heteroatoms. The van der Waals surface area contributed by atoms with Crippen molar-refractivity contribution >= 4 is 35.8 Å². The van der Waals surface area contributed by atoms with Gasteiger partial charge in [-0.3, -0.25) is 4.79 Å². The molecule has 0 bridgehead atoms. The van der Waals surface area contributed by atoms with Crippen molar-refractivity contribution < 1.29 is 14.3 Å². The number of carbonyl (C=O) groups excluding carboxylic acids is 1. The molecule has 2 N–H and O–H groups in total. The zero-order valence-corrected chi connectivity index (χ0v) is 20.8. The fourth-order valence-corrected chi connectivity index (χ4v) is 3.28. The van der Waals surface area contributed by atoms with Crippen LogP contribution in [-0.4, -0.2) is 63.3 Å².